The van der Waals surface area contributed by atoms with Crippen molar-refractivity contribution in [1.29, 1.82) is 0 Å². The van der Waals surface area contributed by atoms with Gasteiger partial charge in [-0.3, -0.25) is 0 Å². The van der Waals surface area contributed by atoms with E-state index >= 15 is 0 Å². The van der Waals surface area contributed by atoms with Crippen molar-refractivity contribution < 1.29 is 21.6 Å². The first kappa shape index (κ1) is 16.8. The molecule has 104 valence electrons. The van der Waals surface area contributed by atoms with Crippen molar-refractivity contribution in [2.24, 2.45) is 5.73 Å². The second-order valence-electron chi connectivity index (χ2n) is 3.69. The minimum Gasteiger partial charge on any atom is -0.383 e. The van der Waals surface area contributed by atoms with Crippen molar-refractivity contribution >= 4 is 19.9 Å². The number of hydrogen-bond donors (Lipinski definition) is 1. The SMILES string of the molecule is COCCN(CCCN)S(=O)(=O)CS(C)(=O)=O. The molecule has 0 heterocycles. The van der Waals surface area contributed by atoms with E-state index in [4.69, 9.17) is 10.5 Å². The zero-order valence-corrected chi connectivity index (χ0v) is 11.8. The number of sulfone groups is 1. The van der Waals surface area contributed by atoms with Crippen LogP contribution in [0.5, 0.6) is 0 Å². The molecule has 0 rings (SSSR count). The van der Waals surface area contributed by atoms with E-state index in [0.29, 0.717) is 13.0 Å². The van der Waals surface area contributed by atoms with E-state index in [9.17, 15) is 16.8 Å². The molecular formula is C8H20N2O5S2. The molecule has 0 saturated heterocycles. The number of nitrogens with zero attached hydrogens (tertiary/aromatic N) is 1. The van der Waals surface area contributed by atoms with Crippen LogP contribution in [0.2, 0.25) is 0 Å². The Hall–Kier alpha value is -0.220. The summed E-state index contributed by atoms with van der Waals surface area (Å²) in [4.78, 5) is 0. The lowest BCUT2D eigenvalue weighted by Crippen LogP contribution is -2.38. The van der Waals surface area contributed by atoms with Gasteiger partial charge in [-0.2, -0.15) is 4.31 Å². The summed E-state index contributed by atoms with van der Waals surface area (Å²) in [5.74, 6) is 0. The highest BCUT2D eigenvalue weighted by molar-refractivity contribution is 8.06. The highest BCUT2D eigenvalue weighted by Crippen LogP contribution is 2.05. The van der Waals surface area contributed by atoms with Gasteiger partial charge in [0.2, 0.25) is 10.0 Å². The molecule has 17 heavy (non-hydrogen) atoms. The van der Waals surface area contributed by atoms with Gasteiger partial charge in [-0.15, -0.1) is 0 Å². The maximum atomic E-state index is 11.8. The summed E-state index contributed by atoms with van der Waals surface area (Å²) in [5.41, 5.74) is 5.31. The summed E-state index contributed by atoms with van der Waals surface area (Å²) >= 11 is 0. The molecular weight excluding hydrogens is 268 g/mol. The van der Waals surface area contributed by atoms with E-state index in [-0.39, 0.29) is 19.7 Å². The number of rotatable bonds is 9. The Bertz CT molecular complexity index is 396. The topological polar surface area (TPSA) is 107 Å². The van der Waals surface area contributed by atoms with E-state index in [1.165, 1.54) is 7.11 Å². The largest absolute Gasteiger partial charge is 0.383 e. The molecule has 0 aliphatic rings. The average Bonchev–Trinajstić information content (AvgIpc) is 2.13. The number of ether oxygens (including phenoxy) is 1. The summed E-state index contributed by atoms with van der Waals surface area (Å²) in [6.45, 7) is 0.900. The summed E-state index contributed by atoms with van der Waals surface area (Å²) in [6, 6.07) is 0. The minimum absolute atomic E-state index is 0.133. The molecule has 9 heteroatoms. The predicted molar refractivity (Wildman–Crippen MR) is 65.8 cm³/mol. The van der Waals surface area contributed by atoms with Crippen LogP contribution in [0.15, 0.2) is 0 Å². The molecule has 0 atom stereocenters. The third-order valence-corrected chi connectivity index (χ3v) is 5.97. The number of nitrogens with two attached hydrogens (primary N) is 1. The summed E-state index contributed by atoms with van der Waals surface area (Å²) in [5, 5.41) is -0.881. The molecule has 0 spiro atoms. The summed E-state index contributed by atoms with van der Waals surface area (Å²) in [7, 11) is -5.94. The smallest absolute Gasteiger partial charge is 0.228 e. The van der Waals surface area contributed by atoms with E-state index in [0.717, 1.165) is 10.6 Å². The first-order valence-corrected chi connectivity index (χ1v) is 8.74. The Morgan fingerprint density at radius 1 is 1.18 bits per heavy atom. The van der Waals surface area contributed by atoms with Crippen LogP contribution in [-0.4, -0.2) is 65.8 Å². The maximum absolute atomic E-state index is 11.8. The van der Waals surface area contributed by atoms with Gasteiger partial charge in [-0.1, -0.05) is 0 Å². The molecule has 0 aromatic rings. The molecule has 2 N–H and O–H groups in total. The van der Waals surface area contributed by atoms with Crippen LogP contribution in [0.25, 0.3) is 0 Å². The van der Waals surface area contributed by atoms with Crippen molar-refractivity contribution in [1.82, 2.24) is 4.31 Å². The zero-order chi connectivity index (χ0) is 13.5. The van der Waals surface area contributed by atoms with Crippen LogP contribution in [-0.2, 0) is 24.6 Å². The molecule has 0 aromatic heterocycles. The van der Waals surface area contributed by atoms with Gasteiger partial charge in [-0.05, 0) is 13.0 Å². The van der Waals surface area contributed by atoms with Crippen LogP contribution in [0.3, 0.4) is 0 Å². The number of sulfonamides is 1. The van der Waals surface area contributed by atoms with Crippen LogP contribution in [0, 0.1) is 0 Å². The molecule has 0 fully saturated rings. The van der Waals surface area contributed by atoms with Crippen LogP contribution < -0.4 is 5.73 Å². The average molecular weight is 288 g/mol. The fourth-order valence-electron chi connectivity index (χ4n) is 1.20. The van der Waals surface area contributed by atoms with E-state index < -0.39 is 24.9 Å². The molecule has 0 amide bonds. The van der Waals surface area contributed by atoms with Crippen molar-refractivity contribution in [3.05, 3.63) is 0 Å². The van der Waals surface area contributed by atoms with Gasteiger partial charge >= 0.3 is 0 Å². The lowest BCUT2D eigenvalue weighted by atomic mass is 10.4. The quantitative estimate of drug-likeness (QED) is 0.560. The predicted octanol–water partition coefficient (Wildman–Crippen LogP) is -1.38. The van der Waals surface area contributed by atoms with Gasteiger partial charge in [0.1, 0.15) is 0 Å². The lowest BCUT2D eigenvalue weighted by Gasteiger charge is -2.20. The molecule has 0 aromatic carbocycles. The highest BCUT2D eigenvalue weighted by Gasteiger charge is 2.25. The van der Waals surface area contributed by atoms with Gasteiger partial charge in [-0.25, -0.2) is 16.8 Å². The van der Waals surface area contributed by atoms with Gasteiger partial charge in [0.15, 0.2) is 14.9 Å². The second kappa shape index (κ2) is 7.27. The Kier molecular flexibility index (Phi) is 7.17. The summed E-state index contributed by atoms with van der Waals surface area (Å²) in [6.07, 6.45) is 1.37. The van der Waals surface area contributed by atoms with Gasteiger partial charge < -0.3 is 10.5 Å². The lowest BCUT2D eigenvalue weighted by molar-refractivity contribution is 0.179. The molecule has 0 unspecified atom stereocenters. The van der Waals surface area contributed by atoms with Gasteiger partial charge in [0.05, 0.1) is 6.61 Å². The first-order valence-electron chi connectivity index (χ1n) is 5.07. The van der Waals surface area contributed by atoms with Gasteiger partial charge in [0, 0.05) is 26.5 Å². The second-order valence-corrected chi connectivity index (χ2v) is 8.16. The Morgan fingerprint density at radius 3 is 2.18 bits per heavy atom. The third-order valence-electron chi connectivity index (χ3n) is 1.91. The zero-order valence-electron chi connectivity index (χ0n) is 10.1. The van der Waals surface area contributed by atoms with Crippen LogP contribution in [0.1, 0.15) is 6.42 Å². The van der Waals surface area contributed by atoms with Crippen molar-refractivity contribution in [2.45, 2.75) is 6.42 Å². The summed E-state index contributed by atoms with van der Waals surface area (Å²) < 4.78 is 51.6. The molecule has 7 nitrogen and oxygen atoms in total. The van der Waals surface area contributed by atoms with Gasteiger partial charge in [0.25, 0.3) is 0 Å². The molecule has 0 bridgehead atoms. The van der Waals surface area contributed by atoms with Crippen molar-refractivity contribution in [3.8, 4) is 0 Å². The third kappa shape index (κ3) is 7.66. The van der Waals surface area contributed by atoms with Crippen molar-refractivity contribution in [3.63, 3.8) is 0 Å². The first-order chi connectivity index (χ1) is 7.73. The highest BCUT2D eigenvalue weighted by atomic mass is 32.3. The minimum atomic E-state index is -3.81. The fourth-order valence-corrected chi connectivity index (χ4v) is 4.72. The Morgan fingerprint density at radius 2 is 1.76 bits per heavy atom. The van der Waals surface area contributed by atoms with Crippen LogP contribution >= 0.6 is 0 Å². The maximum Gasteiger partial charge on any atom is 0.228 e. The van der Waals surface area contributed by atoms with E-state index in [1.54, 1.807) is 0 Å². The number of hydrogen-bond acceptors (Lipinski definition) is 6. The van der Waals surface area contributed by atoms with Crippen molar-refractivity contribution in [2.75, 3.05) is 44.7 Å². The fraction of sp³-hybridized carbons (Fsp3) is 1.00. The molecule has 0 aliphatic carbocycles. The molecule has 0 radical (unpaired) electrons. The van der Waals surface area contributed by atoms with Crippen LogP contribution in [0.4, 0.5) is 0 Å². The van der Waals surface area contributed by atoms with E-state index in [2.05, 4.69) is 0 Å². The Labute approximate surface area is 103 Å². The normalized spacial score (nSPS) is 13.2. The molecule has 0 saturated carbocycles. The molecule has 0 aliphatic heterocycles. The Balaban J connectivity index is 4.75. The standard InChI is InChI=1S/C8H20N2O5S2/c1-15-7-6-10(5-3-4-9)17(13,14)8-16(2,11)12/h3-9H2,1-2H3. The number of methoxy groups -OCH3 is 1. The monoisotopic (exact) mass is 288 g/mol. The van der Waals surface area contributed by atoms with E-state index in [1.807, 2.05) is 0 Å².